The lowest BCUT2D eigenvalue weighted by Crippen LogP contribution is -2.32. The Balaban J connectivity index is 1.91. The second-order valence-corrected chi connectivity index (χ2v) is 5.25. The molecule has 0 amide bonds. The zero-order valence-electron chi connectivity index (χ0n) is 11.2. The molecule has 6 nitrogen and oxygen atoms in total. The van der Waals surface area contributed by atoms with E-state index in [2.05, 4.69) is 29.4 Å². The highest BCUT2D eigenvalue weighted by Gasteiger charge is 2.32. The van der Waals surface area contributed by atoms with E-state index >= 15 is 0 Å². The van der Waals surface area contributed by atoms with E-state index in [-0.39, 0.29) is 5.82 Å². The van der Waals surface area contributed by atoms with Crippen LogP contribution in [0.2, 0.25) is 0 Å². The Kier molecular flexibility index (Phi) is 3.93. The van der Waals surface area contributed by atoms with Gasteiger partial charge in [-0.25, -0.2) is 9.48 Å². The van der Waals surface area contributed by atoms with Crippen molar-refractivity contribution < 1.29 is 9.53 Å². The standard InChI is InChI=1S/C12H20N4O2/c1-4-18-12(17)11-13-14-15-16(11)7-9-5-10(6-9)8(2)3/h8-10H,4-7H2,1-3H3. The van der Waals surface area contributed by atoms with Crippen molar-refractivity contribution in [2.24, 2.45) is 17.8 Å². The molecule has 1 saturated carbocycles. The molecule has 0 bridgehead atoms. The molecule has 0 spiro atoms. The first kappa shape index (κ1) is 13.0. The van der Waals surface area contributed by atoms with Crippen molar-refractivity contribution >= 4 is 5.97 Å². The van der Waals surface area contributed by atoms with E-state index in [0.29, 0.717) is 19.1 Å². The van der Waals surface area contributed by atoms with Crippen LogP contribution in [-0.4, -0.2) is 32.8 Å². The highest BCUT2D eigenvalue weighted by atomic mass is 16.5. The SMILES string of the molecule is CCOC(=O)c1nnnn1CC1CC(C(C)C)C1. The average molecular weight is 252 g/mol. The lowest BCUT2D eigenvalue weighted by molar-refractivity contribution is 0.0496. The van der Waals surface area contributed by atoms with E-state index < -0.39 is 5.97 Å². The Bertz CT molecular complexity index is 410. The minimum atomic E-state index is -0.442. The predicted octanol–water partition coefficient (Wildman–Crippen LogP) is 1.53. The minimum Gasteiger partial charge on any atom is -0.460 e. The molecule has 1 aliphatic carbocycles. The first-order valence-corrected chi connectivity index (χ1v) is 6.55. The summed E-state index contributed by atoms with van der Waals surface area (Å²) in [6, 6.07) is 0. The van der Waals surface area contributed by atoms with Crippen LogP contribution in [-0.2, 0) is 11.3 Å². The van der Waals surface area contributed by atoms with E-state index in [0.717, 1.165) is 11.8 Å². The van der Waals surface area contributed by atoms with Gasteiger partial charge in [-0.05, 0) is 47.9 Å². The number of rotatable bonds is 5. The van der Waals surface area contributed by atoms with Crippen LogP contribution in [0, 0.1) is 17.8 Å². The molecule has 0 aromatic carbocycles. The van der Waals surface area contributed by atoms with Gasteiger partial charge in [-0.15, -0.1) is 5.10 Å². The van der Waals surface area contributed by atoms with Crippen molar-refractivity contribution in [3.8, 4) is 0 Å². The molecule has 0 radical (unpaired) electrons. The summed E-state index contributed by atoms with van der Waals surface area (Å²) in [7, 11) is 0. The average Bonchev–Trinajstić information content (AvgIpc) is 2.70. The zero-order chi connectivity index (χ0) is 13.1. The number of esters is 1. The van der Waals surface area contributed by atoms with Crippen molar-refractivity contribution in [3.05, 3.63) is 5.82 Å². The fourth-order valence-electron chi connectivity index (χ4n) is 2.39. The van der Waals surface area contributed by atoms with Gasteiger partial charge in [0.15, 0.2) is 0 Å². The van der Waals surface area contributed by atoms with Crippen LogP contribution in [0.1, 0.15) is 44.2 Å². The Morgan fingerprint density at radius 2 is 2.22 bits per heavy atom. The summed E-state index contributed by atoms with van der Waals surface area (Å²) in [6.07, 6.45) is 2.39. The second-order valence-electron chi connectivity index (χ2n) is 5.25. The van der Waals surface area contributed by atoms with Crippen LogP contribution < -0.4 is 0 Å². The van der Waals surface area contributed by atoms with Crippen molar-refractivity contribution in [1.29, 1.82) is 0 Å². The van der Waals surface area contributed by atoms with Gasteiger partial charge >= 0.3 is 5.97 Å². The molecule has 1 aromatic heterocycles. The fraction of sp³-hybridized carbons (Fsp3) is 0.833. The van der Waals surface area contributed by atoms with Gasteiger partial charge < -0.3 is 4.74 Å². The van der Waals surface area contributed by atoms with Crippen LogP contribution in [0.5, 0.6) is 0 Å². The summed E-state index contributed by atoms with van der Waals surface area (Å²) in [6.45, 7) is 7.32. The maximum atomic E-state index is 11.6. The molecule has 0 saturated heterocycles. The number of hydrogen-bond acceptors (Lipinski definition) is 5. The molecule has 0 atom stereocenters. The maximum Gasteiger partial charge on any atom is 0.378 e. The van der Waals surface area contributed by atoms with Gasteiger partial charge in [0.05, 0.1) is 6.61 Å². The number of ether oxygens (including phenoxy) is 1. The van der Waals surface area contributed by atoms with Gasteiger partial charge in [0, 0.05) is 6.54 Å². The lowest BCUT2D eigenvalue weighted by Gasteiger charge is -2.37. The molecule has 1 fully saturated rings. The first-order valence-electron chi connectivity index (χ1n) is 6.55. The molecule has 1 aromatic rings. The molecule has 1 heterocycles. The first-order chi connectivity index (χ1) is 8.61. The smallest absolute Gasteiger partial charge is 0.378 e. The molecule has 0 aliphatic heterocycles. The van der Waals surface area contributed by atoms with Crippen molar-refractivity contribution in [2.75, 3.05) is 6.61 Å². The van der Waals surface area contributed by atoms with Crippen LogP contribution in [0.15, 0.2) is 0 Å². The van der Waals surface area contributed by atoms with Crippen molar-refractivity contribution in [1.82, 2.24) is 20.2 Å². The third-order valence-electron chi connectivity index (χ3n) is 3.64. The van der Waals surface area contributed by atoms with Crippen molar-refractivity contribution in [2.45, 2.75) is 40.2 Å². The van der Waals surface area contributed by atoms with Gasteiger partial charge in [-0.2, -0.15) is 0 Å². The molecule has 18 heavy (non-hydrogen) atoms. The number of aromatic nitrogens is 4. The topological polar surface area (TPSA) is 69.9 Å². The van der Waals surface area contributed by atoms with Crippen molar-refractivity contribution in [3.63, 3.8) is 0 Å². The van der Waals surface area contributed by atoms with Crippen LogP contribution >= 0.6 is 0 Å². The Morgan fingerprint density at radius 1 is 1.50 bits per heavy atom. The molecule has 6 heteroatoms. The Hall–Kier alpha value is -1.46. The third-order valence-corrected chi connectivity index (χ3v) is 3.64. The lowest BCUT2D eigenvalue weighted by atomic mass is 9.69. The molecule has 0 unspecified atom stereocenters. The van der Waals surface area contributed by atoms with E-state index in [1.165, 1.54) is 12.8 Å². The molecule has 2 rings (SSSR count). The minimum absolute atomic E-state index is 0.213. The summed E-state index contributed by atoms with van der Waals surface area (Å²) < 4.78 is 6.49. The maximum absolute atomic E-state index is 11.6. The molecular formula is C12H20N4O2. The normalized spacial score (nSPS) is 22.9. The number of tetrazole rings is 1. The van der Waals surface area contributed by atoms with Gasteiger partial charge in [0.1, 0.15) is 0 Å². The highest BCUT2D eigenvalue weighted by Crippen LogP contribution is 2.39. The van der Waals surface area contributed by atoms with Crippen LogP contribution in [0.3, 0.4) is 0 Å². The molecule has 100 valence electrons. The Morgan fingerprint density at radius 3 is 2.83 bits per heavy atom. The summed E-state index contributed by atoms with van der Waals surface area (Å²) >= 11 is 0. The third kappa shape index (κ3) is 2.68. The van der Waals surface area contributed by atoms with E-state index in [4.69, 9.17) is 4.74 Å². The van der Waals surface area contributed by atoms with Gasteiger partial charge in [0.2, 0.25) is 0 Å². The second kappa shape index (κ2) is 5.46. The quantitative estimate of drug-likeness (QED) is 0.743. The number of hydrogen-bond donors (Lipinski definition) is 0. The van der Waals surface area contributed by atoms with E-state index in [1.807, 2.05) is 0 Å². The fourth-order valence-corrected chi connectivity index (χ4v) is 2.39. The summed E-state index contributed by atoms with van der Waals surface area (Å²) in [4.78, 5) is 11.6. The summed E-state index contributed by atoms with van der Waals surface area (Å²) in [5, 5.41) is 11.1. The van der Waals surface area contributed by atoms with Gasteiger partial charge in [-0.3, -0.25) is 0 Å². The molecule has 1 aliphatic rings. The van der Waals surface area contributed by atoms with Gasteiger partial charge in [-0.1, -0.05) is 13.8 Å². The largest absolute Gasteiger partial charge is 0.460 e. The summed E-state index contributed by atoms with van der Waals surface area (Å²) in [5.41, 5.74) is 0. The Labute approximate surface area is 107 Å². The van der Waals surface area contributed by atoms with E-state index in [1.54, 1.807) is 11.6 Å². The number of carbonyl (C=O) groups excluding carboxylic acids is 1. The summed E-state index contributed by atoms with van der Waals surface area (Å²) in [5.74, 6) is 1.89. The van der Waals surface area contributed by atoms with Crippen LogP contribution in [0.4, 0.5) is 0 Å². The molecule has 0 N–H and O–H groups in total. The monoisotopic (exact) mass is 252 g/mol. The molecular weight excluding hydrogens is 232 g/mol. The predicted molar refractivity (Wildman–Crippen MR) is 64.8 cm³/mol. The van der Waals surface area contributed by atoms with Gasteiger partial charge in [0.25, 0.3) is 5.82 Å². The van der Waals surface area contributed by atoms with E-state index in [9.17, 15) is 4.79 Å². The zero-order valence-corrected chi connectivity index (χ0v) is 11.2. The van der Waals surface area contributed by atoms with Crippen LogP contribution in [0.25, 0.3) is 0 Å². The number of nitrogens with zero attached hydrogens (tertiary/aromatic N) is 4. The number of carbonyl (C=O) groups is 1. The highest BCUT2D eigenvalue weighted by molar-refractivity contribution is 5.85.